The lowest BCUT2D eigenvalue weighted by atomic mass is 10.1. The highest BCUT2D eigenvalue weighted by Gasteiger charge is 2.38. The second kappa shape index (κ2) is 7.80. The summed E-state index contributed by atoms with van der Waals surface area (Å²) >= 11 is 0. The molecule has 0 aliphatic carbocycles. The Morgan fingerprint density at radius 3 is 2.22 bits per heavy atom. The molecular formula is C10H14F3NO4. The van der Waals surface area contributed by atoms with Crippen LogP contribution in [-0.4, -0.2) is 41.9 Å². The lowest BCUT2D eigenvalue weighted by molar-refractivity contribution is -0.192. The zero-order valence-corrected chi connectivity index (χ0v) is 9.50. The SMILES string of the molecule is O=C(O)C(F)(F)F.O=CC(=O)C1CCCCCN1. The first-order valence-corrected chi connectivity index (χ1v) is 5.31. The van der Waals surface area contributed by atoms with Crippen molar-refractivity contribution < 1.29 is 32.7 Å². The third kappa shape index (κ3) is 7.00. The molecular weight excluding hydrogens is 255 g/mol. The van der Waals surface area contributed by atoms with Crippen LogP contribution >= 0.6 is 0 Å². The zero-order valence-electron chi connectivity index (χ0n) is 9.50. The van der Waals surface area contributed by atoms with Gasteiger partial charge in [-0.2, -0.15) is 13.2 Å². The van der Waals surface area contributed by atoms with E-state index in [1.807, 2.05) is 0 Å². The standard InChI is InChI=1S/C8H13NO2.C2HF3O2/c10-6-8(11)7-4-2-1-3-5-9-7;3-2(4,5)1(6)7/h6-7,9H,1-5H2;(H,6,7). The number of ketones is 1. The monoisotopic (exact) mass is 269 g/mol. The van der Waals surface area contributed by atoms with Crippen molar-refractivity contribution in [2.75, 3.05) is 6.54 Å². The fraction of sp³-hybridized carbons (Fsp3) is 0.700. The van der Waals surface area contributed by atoms with E-state index in [0.717, 1.165) is 32.2 Å². The Morgan fingerprint density at radius 2 is 1.78 bits per heavy atom. The quantitative estimate of drug-likeness (QED) is 0.575. The van der Waals surface area contributed by atoms with Crippen molar-refractivity contribution in [1.29, 1.82) is 0 Å². The predicted molar refractivity (Wildman–Crippen MR) is 55.0 cm³/mol. The molecule has 1 aliphatic rings. The second-order valence-corrected chi connectivity index (χ2v) is 3.68. The molecule has 1 saturated heterocycles. The van der Waals surface area contributed by atoms with Crippen LogP contribution in [0.2, 0.25) is 0 Å². The smallest absolute Gasteiger partial charge is 0.475 e. The van der Waals surface area contributed by atoms with Gasteiger partial charge in [0.15, 0.2) is 6.29 Å². The summed E-state index contributed by atoms with van der Waals surface area (Å²) in [5, 5.41) is 10.2. The van der Waals surface area contributed by atoms with Gasteiger partial charge in [-0.25, -0.2) is 4.79 Å². The number of hydrogen-bond acceptors (Lipinski definition) is 4. The van der Waals surface area contributed by atoms with Gasteiger partial charge < -0.3 is 10.4 Å². The van der Waals surface area contributed by atoms with Crippen molar-refractivity contribution in [3.8, 4) is 0 Å². The first-order valence-electron chi connectivity index (χ1n) is 5.31. The molecule has 1 unspecified atom stereocenters. The molecule has 1 aliphatic heterocycles. The molecule has 0 radical (unpaired) electrons. The van der Waals surface area contributed by atoms with E-state index in [1.165, 1.54) is 0 Å². The number of carboxylic acid groups (broad SMARTS) is 1. The number of carbonyl (C=O) groups excluding carboxylic acids is 2. The molecule has 0 saturated carbocycles. The average molecular weight is 269 g/mol. The molecule has 0 amide bonds. The third-order valence-electron chi connectivity index (χ3n) is 2.26. The van der Waals surface area contributed by atoms with Crippen molar-refractivity contribution >= 4 is 18.0 Å². The van der Waals surface area contributed by atoms with Crippen LogP contribution in [0.5, 0.6) is 0 Å². The topological polar surface area (TPSA) is 83.5 Å². The van der Waals surface area contributed by atoms with E-state index < -0.39 is 12.1 Å². The van der Waals surface area contributed by atoms with Crippen LogP contribution in [0.4, 0.5) is 13.2 Å². The van der Waals surface area contributed by atoms with Gasteiger partial charge >= 0.3 is 12.1 Å². The van der Waals surface area contributed by atoms with Gasteiger partial charge in [0.1, 0.15) is 0 Å². The molecule has 1 heterocycles. The lowest BCUT2D eigenvalue weighted by Crippen LogP contribution is -2.36. The third-order valence-corrected chi connectivity index (χ3v) is 2.26. The molecule has 1 atom stereocenters. The minimum atomic E-state index is -5.08. The number of carbonyl (C=O) groups is 3. The summed E-state index contributed by atoms with van der Waals surface area (Å²) in [6, 6.07) is -0.199. The van der Waals surface area contributed by atoms with E-state index in [2.05, 4.69) is 5.32 Å². The van der Waals surface area contributed by atoms with E-state index in [9.17, 15) is 22.8 Å². The fourth-order valence-corrected chi connectivity index (χ4v) is 1.35. The van der Waals surface area contributed by atoms with Crippen molar-refractivity contribution in [2.24, 2.45) is 0 Å². The maximum absolute atomic E-state index is 10.9. The molecule has 1 fully saturated rings. The van der Waals surface area contributed by atoms with Crippen molar-refractivity contribution in [3.05, 3.63) is 0 Å². The Kier molecular flexibility index (Phi) is 7.18. The van der Waals surface area contributed by atoms with E-state index in [1.54, 1.807) is 0 Å². The van der Waals surface area contributed by atoms with Gasteiger partial charge in [0.25, 0.3) is 0 Å². The number of rotatable bonds is 2. The summed E-state index contributed by atoms with van der Waals surface area (Å²) < 4.78 is 31.7. The normalized spacial score (nSPS) is 20.1. The summed E-state index contributed by atoms with van der Waals surface area (Å²) in [5.74, 6) is -3.06. The van der Waals surface area contributed by atoms with Crippen LogP contribution in [0.25, 0.3) is 0 Å². The predicted octanol–water partition coefficient (Wildman–Crippen LogP) is 0.920. The maximum atomic E-state index is 10.9. The lowest BCUT2D eigenvalue weighted by Gasteiger charge is -2.09. The van der Waals surface area contributed by atoms with Gasteiger partial charge in [0, 0.05) is 0 Å². The number of hydrogen-bond donors (Lipinski definition) is 2. The first kappa shape index (κ1) is 16.6. The maximum Gasteiger partial charge on any atom is 0.490 e. The van der Waals surface area contributed by atoms with Crippen LogP contribution in [0.3, 0.4) is 0 Å². The summed E-state index contributed by atoms with van der Waals surface area (Å²) in [7, 11) is 0. The largest absolute Gasteiger partial charge is 0.490 e. The number of aldehydes is 1. The number of carboxylic acids is 1. The van der Waals surface area contributed by atoms with Gasteiger partial charge in [-0.1, -0.05) is 12.8 Å². The highest BCUT2D eigenvalue weighted by atomic mass is 19.4. The van der Waals surface area contributed by atoms with Crippen LogP contribution in [0, 0.1) is 0 Å². The van der Waals surface area contributed by atoms with Gasteiger partial charge in [-0.05, 0) is 19.4 Å². The summed E-state index contributed by atoms with van der Waals surface area (Å²) in [6.07, 6.45) is -0.518. The summed E-state index contributed by atoms with van der Waals surface area (Å²) in [4.78, 5) is 29.9. The molecule has 0 aromatic rings. The zero-order chi connectivity index (χ0) is 14.2. The Labute approximate surface area is 101 Å². The van der Waals surface area contributed by atoms with Gasteiger partial charge in [0.05, 0.1) is 6.04 Å². The van der Waals surface area contributed by atoms with Crippen LogP contribution in [0.1, 0.15) is 25.7 Å². The van der Waals surface area contributed by atoms with Crippen LogP contribution in [0.15, 0.2) is 0 Å². The molecule has 5 nitrogen and oxygen atoms in total. The van der Waals surface area contributed by atoms with Gasteiger partial charge in [-0.15, -0.1) is 0 Å². The second-order valence-electron chi connectivity index (χ2n) is 3.68. The van der Waals surface area contributed by atoms with E-state index in [4.69, 9.17) is 9.90 Å². The first-order chi connectivity index (χ1) is 8.29. The van der Waals surface area contributed by atoms with Crippen molar-refractivity contribution in [1.82, 2.24) is 5.32 Å². The fourth-order valence-electron chi connectivity index (χ4n) is 1.35. The van der Waals surface area contributed by atoms with Crippen molar-refractivity contribution in [3.63, 3.8) is 0 Å². The Hall–Kier alpha value is -1.44. The minimum absolute atomic E-state index is 0.199. The highest BCUT2D eigenvalue weighted by Crippen LogP contribution is 2.13. The number of aliphatic carboxylic acids is 1. The summed E-state index contributed by atoms with van der Waals surface area (Å²) in [5.41, 5.74) is 0. The number of Topliss-reactive ketones (excluding diaryl/α,β-unsaturated/α-hetero) is 1. The average Bonchev–Trinajstić information content (AvgIpc) is 2.56. The Morgan fingerprint density at radius 1 is 1.22 bits per heavy atom. The molecule has 18 heavy (non-hydrogen) atoms. The summed E-state index contributed by atoms with van der Waals surface area (Å²) in [6.45, 7) is 0.865. The number of halogens is 3. The number of nitrogens with one attached hydrogen (secondary N) is 1. The van der Waals surface area contributed by atoms with E-state index in [0.29, 0.717) is 6.29 Å². The van der Waals surface area contributed by atoms with Gasteiger partial charge in [0.2, 0.25) is 5.78 Å². The Bertz CT molecular complexity index is 296. The van der Waals surface area contributed by atoms with Crippen molar-refractivity contribution in [2.45, 2.75) is 37.9 Å². The van der Waals surface area contributed by atoms with Crippen LogP contribution < -0.4 is 5.32 Å². The van der Waals surface area contributed by atoms with E-state index in [-0.39, 0.29) is 11.8 Å². The molecule has 104 valence electrons. The molecule has 8 heteroatoms. The molecule has 0 spiro atoms. The molecule has 0 bridgehead atoms. The molecule has 0 aromatic heterocycles. The van der Waals surface area contributed by atoms with E-state index >= 15 is 0 Å². The molecule has 0 aromatic carbocycles. The van der Waals surface area contributed by atoms with Crippen LogP contribution in [-0.2, 0) is 14.4 Å². The highest BCUT2D eigenvalue weighted by molar-refractivity contribution is 6.27. The number of alkyl halides is 3. The Balaban J connectivity index is 0.000000360. The molecule has 1 rings (SSSR count). The minimum Gasteiger partial charge on any atom is -0.475 e. The molecule has 2 N–H and O–H groups in total. The van der Waals surface area contributed by atoms with Gasteiger partial charge in [-0.3, -0.25) is 9.59 Å².